The van der Waals surface area contributed by atoms with Crippen molar-refractivity contribution in [3.8, 4) is 51.2 Å². The van der Waals surface area contributed by atoms with E-state index in [-0.39, 0.29) is 12.1 Å². The summed E-state index contributed by atoms with van der Waals surface area (Å²) in [4.78, 5) is 58.1. The summed E-state index contributed by atoms with van der Waals surface area (Å²) in [7, 11) is 4.92. The Morgan fingerprint density at radius 2 is 1.03 bits per heavy atom. The van der Waals surface area contributed by atoms with E-state index in [2.05, 4.69) is 111 Å². The monoisotopic (exact) mass is 1400 g/mol. The molecule has 2 aromatic carbocycles. The summed E-state index contributed by atoms with van der Waals surface area (Å²) in [5, 5.41) is 12.6. The molecule has 0 saturated carbocycles. The number of carbonyl (C=O) groups is 2. The summed E-state index contributed by atoms with van der Waals surface area (Å²) in [5.41, 5.74) is 7.31. The molecular formula is C65H76BrClN12O5S2Sn. The molecule has 87 heavy (non-hydrogen) atoms. The summed E-state index contributed by atoms with van der Waals surface area (Å²) in [6, 6.07) is 38.4. The van der Waals surface area contributed by atoms with E-state index in [1.54, 1.807) is 64.3 Å². The van der Waals surface area contributed by atoms with Gasteiger partial charge < -0.3 is 20.1 Å². The number of amides is 4. The van der Waals surface area contributed by atoms with Crippen LogP contribution in [0.25, 0.3) is 53.9 Å². The molecule has 0 unspecified atom stereocenters. The number of pyridine rings is 6. The fourth-order valence-electron chi connectivity index (χ4n) is 8.94. The molecule has 0 aliphatic carbocycles. The molecule has 0 radical (unpaired) electrons. The third-order valence-corrected chi connectivity index (χ3v) is 31.5. The molecule has 456 valence electrons. The standard InChI is InChI=1S/C21H19N5O2S.C15H13BrN4OS.C6H7NO.C6H6NO.C5H4ClN.3C4H9.Sn/c1-3-23-20(27)26-21-25-17-11-14(13-6-5-9-22-12-13)10-15(19(17)29-21)16-7-4-8-18(24-16)28-2;1-2-18-14(21)20-15-19-12-7-10(6-11(16)13(12)22-15)9-4-3-5-17-8-9;2*1-8-6-4-2-3-5-7-6;6-5-3-1-2-4-7-5;3*1-3-4-2;/h4-12H,3H2,1-2H3,(H2,23,25,26,27);3-8H,2H2,1H3,(H2,18,19,20,21);2-5H,1H3;2-4H,1H3;1-4H;3*1,3-4H2,2H3;. The van der Waals surface area contributed by atoms with E-state index in [1.807, 2.05) is 111 Å². The van der Waals surface area contributed by atoms with Crippen molar-refractivity contribution >= 4 is 115 Å². The summed E-state index contributed by atoms with van der Waals surface area (Å²) in [5.74, 6) is 2.00. The van der Waals surface area contributed by atoms with Crippen molar-refractivity contribution < 1.29 is 23.8 Å². The normalized spacial score (nSPS) is 10.6. The minimum Gasteiger partial charge on any atom is -0.481 e. The topological polar surface area (TPSA) is 213 Å². The number of halogens is 2. The number of nitrogens with zero attached hydrogens (tertiary/aromatic N) is 8. The van der Waals surface area contributed by atoms with Gasteiger partial charge in [-0.05, 0) is 102 Å². The Hall–Kier alpha value is -7.37. The van der Waals surface area contributed by atoms with Gasteiger partial charge >= 0.3 is 148 Å². The Bertz CT molecular complexity index is 3630. The fourth-order valence-corrected chi connectivity index (χ4v) is 27.0. The van der Waals surface area contributed by atoms with E-state index in [0.717, 1.165) is 64.3 Å². The van der Waals surface area contributed by atoms with Crippen molar-refractivity contribution in [2.45, 2.75) is 86.5 Å². The number of aromatic nitrogens is 8. The van der Waals surface area contributed by atoms with Gasteiger partial charge in [-0.3, -0.25) is 20.6 Å². The molecule has 4 N–H and O–H groups in total. The molecule has 0 spiro atoms. The second-order valence-corrected chi connectivity index (χ2v) is 35.7. The number of anilines is 2. The van der Waals surface area contributed by atoms with Crippen molar-refractivity contribution in [2.24, 2.45) is 0 Å². The van der Waals surface area contributed by atoms with E-state index >= 15 is 0 Å². The number of hydrogen-bond donors (Lipinski definition) is 4. The zero-order valence-corrected chi connectivity index (χ0v) is 57.3. The van der Waals surface area contributed by atoms with Gasteiger partial charge in [0, 0.05) is 83.6 Å². The van der Waals surface area contributed by atoms with E-state index in [1.165, 1.54) is 78.2 Å². The molecule has 0 saturated heterocycles. The fraction of sp³-hybridized carbons (Fsp3) is 0.292. The van der Waals surface area contributed by atoms with Gasteiger partial charge in [0.05, 0.1) is 40.3 Å². The number of ether oxygens (including phenoxy) is 3. The van der Waals surface area contributed by atoms with E-state index in [9.17, 15) is 9.59 Å². The number of methoxy groups -OCH3 is 3. The Morgan fingerprint density at radius 1 is 0.529 bits per heavy atom. The first-order valence-electron chi connectivity index (χ1n) is 28.9. The number of unbranched alkanes of at least 4 members (excludes halogenated alkanes) is 3. The number of thiazole rings is 2. The summed E-state index contributed by atoms with van der Waals surface area (Å²) >= 11 is 9.50. The first-order chi connectivity index (χ1) is 42.4. The van der Waals surface area contributed by atoms with Gasteiger partial charge in [0.15, 0.2) is 10.3 Å². The Kier molecular flexibility index (Phi) is 29.5. The van der Waals surface area contributed by atoms with Gasteiger partial charge in [0.1, 0.15) is 5.15 Å². The van der Waals surface area contributed by atoms with Crippen LogP contribution in [0.4, 0.5) is 19.9 Å². The SMILES string of the molecule is CCC[CH2][Sn]([CH2]CCC)([CH2]CCC)[c]1cccc(OC)n1.CCNC(=O)Nc1nc2cc(-c3cccnc3)cc(-c3cccc(OC)n3)c2s1.CCNC(=O)Nc1nc2cc(-c3cccnc3)cc(Br)c2s1.COc1ccccn1.Clc1ccccn1. The van der Waals surface area contributed by atoms with Crippen LogP contribution in [0.5, 0.6) is 17.6 Å². The maximum Gasteiger partial charge on any atom is 0.321 e. The summed E-state index contributed by atoms with van der Waals surface area (Å²) in [6.45, 7) is 11.8. The van der Waals surface area contributed by atoms with Crippen LogP contribution < -0.4 is 39.2 Å². The first-order valence-corrected chi connectivity index (χ1v) is 39.2. The molecule has 0 bridgehead atoms. The molecule has 0 aliphatic heterocycles. The number of urea groups is 2. The van der Waals surface area contributed by atoms with Gasteiger partial charge in [0.2, 0.25) is 11.8 Å². The maximum atomic E-state index is 11.9. The maximum absolute atomic E-state index is 11.9. The van der Waals surface area contributed by atoms with Crippen molar-refractivity contribution in [3.63, 3.8) is 0 Å². The van der Waals surface area contributed by atoms with Crippen LogP contribution in [0.1, 0.15) is 73.1 Å². The van der Waals surface area contributed by atoms with Crippen LogP contribution in [-0.4, -0.2) is 105 Å². The summed E-state index contributed by atoms with van der Waals surface area (Å²) in [6.07, 6.45) is 18.5. The second-order valence-electron chi connectivity index (χ2n) is 19.4. The van der Waals surface area contributed by atoms with E-state index < -0.39 is 18.4 Å². The van der Waals surface area contributed by atoms with Gasteiger partial charge in [0.25, 0.3) is 0 Å². The molecule has 10 rings (SSSR count). The minimum absolute atomic E-state index is 0.245. The van der Waals surface area contributed by atoms with Crippen molar-refractivity contribution in [3.05, 3.63) is 168 Å². The molecular weight excluding hydrogens is 1330 g/mol. The van der Waals surface area contributed by atoms with Gasteiger partial charge in [-0.1, -0.05) is 64.6 Å². The third-order valence-electron chi connectivity index (χ3n) is 13.2. The van der Waals surface area contributed by atoms with E-state index in [4.69, 9.17) is 30.8 Å². The van der Waals surface area contributed by atoms with Crippen molar-refractivity contribution in [1.82, 2.24) is 50.5 Å². The van der Waals surface area contributed by atoms with Crippen LogP contribution in [0.3, 0.4) is 0 Å². The molecule has 22 heteroatoms. The van der Waals surface area contributed by atoms with Crippen molar-refractivity contribution in [1.29, 1.82) is 0 Å². The summed E-state index contributed by atoms with van der Waals surface area (Å²) < 4.78 is 24.2. The van der Waals surface area contributed by atoms with Crippen LogP contribution >= 0.6 is 50.2 Å². The average Bonchev–Trinajstić information content (AvgIpc) is 2.15. The number of fused-ring (bicyclic) bond motifs is 2. The Morgan fingerprint density at radius 3 is 1.49 bits per heavy atom. The minimum atomic E-state index is -2.35. The number of rotatable bonds is 20. The predicted octanol–water partition coefficient (Wildman–Crippen LogP) is 16.8. The smallest absolute Gasteiger partial charge is 0.321 e. The zero-order chi connectivity index (χ0) is 62.2. The van der Waals surface area contributed by atoms with Crippen molar-refractivity contribution in [2.75, 3.05) is 45.1 Å². The zero-order valence-electron chi connectivity index (χ0n) is 50.5. The first kappa shape index (κ1) is 68.7. The number of carbonyl (C=O) groups excluding carboxylic acids is 2. The van der Waals surface area contributed by atoms with Gasteiger partial charge in [-0.25, -0.2) is 34.5 Å². The number of hydrogen-bond acceptors (Lipinski definition) is 15. The molecule has 10 aromatic rings. The molecule has 0 fully saturated rings. The van der Waals surface area contributed by atoms with E-state index in [0.29, 0.717) is 40.3 Å². The third kappa shape index (κ3) is 21.8. The van der Waals surface area contributed by atoms with Crippen LogP contribution in [-0.2, 0) is 0 Å². The Balaban J connectivity index is 0.000000188. The van der Waals surface area contributed by atoms with Crippen LogP contribution in [0, 0.1) is 0 Å². The van der Waals surface area contributed by atoms with Crippen LogP contribution in [0.2, 0.25) is 18.5 Å². The largest absolute Gasteiger partial charge is 0.481 e. The Labute approximate surface area is 536 Å². The quantitative estimate of drug-likeness (QED) is 0.0413. The molecule has 4 amide bonds. The van der Waals surface area contributed by atoms with Gasteiger partial charge in [-0.15, -0.1) is 0 Å². The van der Waals surface area contributed by atoms with Crippen LogP contribution in [0.15, 0.2) is 163 Å². The molecule has 0 atom stereocenters. The average molecular weight is 1400 g/mol. The molecule has 0 aliphatic rings. The molecule has 17 nitrogen and oxygen atoms in total. The predicted molar refractivity (Wildman–Crippen MR) is 364 cm³/mol. The number of nitrogens with one attached hydrogen (secondary N) is 4. The number of benzene rings is 2. The second kappa shape index (κ2) is 37.4. The molecule has 8 heterocycles. The molecule has 8 aromatic heterocycles. The van der Waals surface area contributed by atoms with Gasteiger partial charge in [-0.2, -0.15) is 0 Å².